The van der Waals surface area contributed by atoms with Crippen LogP contribution in [0.15, 0.2) is 0 Å². The molecule has 0 aliphatic heterocycles. The van der Waals surface area contributed by atoms with Crippen molar-refractivity contribution < 1.29 is 14.7 Å². The third-order valence-corrected chi connectivity index (χ3v) is 1.75. The zero-order chi connectivity index (χ0) is 11.5. The van der Waals surface area contributed by atoms with Crippen LogP contribution in [0, 0.1) is 5.41 Å². The molecule has 0 aromatic rings. The smallest absolute Gasteiger partial charge is 0.328 e. The minimum atomic E-state index is -1.11. The summed E-state index contributed by atoms with van der Waals surface area (Å²) < 4.78 is 0. The summed E-state index contributed by atoms with van der Waals surface area (Å²) in [6, 6.07) is -1.13. The van der Waals surface area contributed by atoms with Crippen molar-refractivity contribution in [3.63, 3.8) is 0 Å². The number of rotatable bonds is 4. The van der Waals surface area contributed by atoms with Gasteiger partial charge >= 0.3 is 5.97 Å². The van der Waals surface area contributed by atoms with E-state index in [1.54, 1.807) is 20.8 Å². The van der Waals surface area contributed by atoms with E-state index in [1.165, 1.54) is 0 Å². The Hall–Kier alpha value is -0.900. The molecule has 0 heterocycles. The van der Waals surface area contributed by atoms with E-state index in [1.807, 2.05) is 13.8 Å². The van der Waals surface area contributed by atoms with Crippen LogP contribution < -0.4 is 5.32 Å². The Balaban J connectivity index is 4.68. The molecule has 0 aromatic carbocycles. The van der Waals surface area contributed by atoms with Crippen molar-refractivity contribution >= 4 is 11.8 Å². The first kappa shape index (κ1) is 13.1. The Morgan fingerprint density at radius 1 is 1.21 bits per heavy atom. The molecule has 0 spiro atoms. The quantitative estimate of drug-likeness (QED) is 0.667. The zero-order valence-electron chi connectivity index (χ0n) is 9.42. The SMILES string of the molecule is CC(C)NC(C(=O)O)C(=O)C(C)(C)C. The molecule has 0 fully saturated rings. The second-order valence-electron chi connectivity index (χ2n) is 4.71. The molecule has 0 saturated heterocycles. The van der Waals surface area contributed by atoms with Crippen molar-refractivity contribution in [1.82, 2.24) is 5.32 Å². The first-order valence-electron chi connectivity index (χ1n) is 4.69. The van der Waals surface area contributed by atoms with Gasteiger partial charge in [-0.15, -0.1) is 0 Å². The molecule has 0 saturated carbocycles. The fourth-order valence-corrected chi connectivity index (χ4v) is 1.03. The van der Waals surface area contributed by atoms with Crippen molar-refractivity contribution in [3.8, 4) is 0 Å². The van der Waals surface area contributed by atoms with Crippen LogP contribution in [-0.2, 0) is 9.59 Å². The summed E-state index contributed by atoms with van der Waals surface area (Å²) in [7, 11) is 0. The highest BCUT2D eigenvalue weighted by Crippen LogP contribution is 2.17. The topological polar surface area (TPSA) is 66.4 Å². The van der Waals surface area contributed by atoms with Gasteiger partial charge < -0.3 is 5.11 Å². The van der Waals surface area contributed by atoms with E-state index < -0.39 is 17.4 Å². The van der Waals surface area contributed by atoms with Gasteiger partial charge in [0.25, 0.3) is 0 Å². The monoisotopic (exact) mass is 201 g/mol. The molecule has 0 rings (SSSR count). The van der Waals surface area contributed by atoms with Gasteiger partial charge in [-0.3, -0.25) is 14.9 Å². The Labute approximate surface area is 84.7 Å². The van der Waals surface area contributed by atoms with Gasteiger partial charge in [0.05, 0.1) is 0 Å². The second-order valence-corrected chi connectivity index (χ2v) is 4.71. The Morgan fingerprint density at radius 2 is 1.64 bits per heavy atom. The number of carboxylic acids is 1. The van der Waals surface area contributed by atoms with E-state index in [0.717, 1.165) is 0 Å². The number of nitrogens with one attached hydrogen (secondary N) is 1. The van der Waals surface area contributed by atoms with Crippen LogP contribution in [0.25, 0.3) is 0 Å². The van der Waals surface area contributed by atoms with Crippen molar-refractivity contribution in [3.05, 3.63) is 0 Å². The standard InChI is InChI=1S/C10H19NO3/c1-6(2)11-7(9(13)14)8(12)10(3,4)5/h6-7,11H,1-5H3,(H,13,14). The van der Waals surface area contributed by atoms with Crippen molar-refractivity contribution in [2.75, 3.05) is 0 Å². The Kier molecular flexibility index (Phi) is 4.26. The summed E-state index contributed by atoms with van der Waals surface area (Å²) >= 11 is 0. The number of Topliss-reactive ketones (excluding diaryl/α,β-unsaturated/α-hetero) is 1. The maximum atomic E-state index is 11.7. The highest BCUT2D eigenvalue weighted by atomic mass is 16.4. The normalized spacial score (nSPS) is 14.1. The molecule has 0 aromatic heterocycles. The highest BCUT2D eigenvalue weighted by Gasteiger charge is 2.34. The molecule has 4 heteroatoms. The summed E-state index contributed by atoms with van der Waals surface area (Å²) in [6.45, 7) is 8.77. The van der Waals surface area contributed by atoms with Crippen molar-refractivity contribution in [2.45, 2.75) is 46.7 Å². The first-order chi connectivity index (χ1) is 6.16. The maximum absolute atomic E-state index is 11.7. The third kappa shape index (κ3) is 3.87. The van der Waals surface area contributed by atoms with Gasteiger partial charge in [-0.05, 0) is 13.8 Å². The maximum Gasteiger partial charge on any atom is 0.328 e. The number of carbonyl (C=O) groups excluding carboxylic acids is 1. The van der Waals surface area contributed by atoms with Gasteiger partial charge in [-0.2, -0.15) is 0 Å². The first-order valence-corrected chi connectivity index (χ1v) is 4.69. The lowest BCUT2D eigenvalue weighted by molar-refractivity contribution is -0.146. The molecule has 0 aliphatic rings. The zero-order valence-corrected chi connectivity index (χ0v) is 9.42. The van der Waals surface area contributed by atoms with Crippen LogP contribution in [0.4, 0.5) is 0 Å². The average molecular weight is 201 g/mol. The van der Waals surface area contributed by atoms with Crippen LogP contribution in [0.1, 0.15) is 34.6 Å². The summed E-state index contributed by atoms with van der Waals surface area (Å²) in [4.78, 5) is 22.5. The molecule has 1 unspecified atom stereocenters. The van der Waals surface area contributed by atoms with Gasteiger partial charge in [0, 0.05) is 11.5 Å². The van der Waals surface area contributed by atoms with Crippen LogP contribution in [0.5, 0.6) is 0 Å². The predicted octanol–water partition coefficient (Wildman–Crippen LogP) is 1.05. The summed E-state index contributed by atoms with van der Waals surface area (Å²) in [5.41, 5.74) is -0.634. The Morgan fingerprint density at radius 3 is 1.86 bits per heavy atom. The van der Waals surface area contributed by atoms with Gasteiger partial charge in [0.2, 0.25) is 0 Å². The number of ketones is 1. The summed E-state index contributed by atoms with van der Waals surface area (Å²) in [6.07, 6.45) is 0. The van der Waals surface area contributed by atoms with E-state index in [4.69, 9.17) is 5.11 Å². The van der Waals surface area contributed by atoms with E-state index >= 15 is 0 Å². The minimum absolute atomic E-state index is 0.0256. The highest BCUT2D eigenvalue weighted by molar-refractivity contribution is 6.04. The number of carbonyl (C=O) groups is 2. The summed E-state index contributed by atoms with van der Waals surface area (Å²) in [5, 5.41) is 11.6. The molecule has 14 heavy (non-hydrogen) atoms. The number of hydrogen-bond acceptors (Lipinski definition) is 3. The van der Waals surface area contributed by atoms with Crippen LogP contribution in [0.2, 0.25) is 0 Å². The Bertz CT molecular complexity index is 228. The number of aliphatic carboxylic acids is 1. The van der Waals surface area contributed by atoms with E-state index in [9.17, 15) is 9.59 Å². The lowest BCUT2D eigenvalue weighted by atomic mass is 9.86. The van der Waals surface area contributed by atoms with Gasteiger partial charge in [0.15, 0.2) is 11.8 Å². The lowest BCUT2D eigenvalue weighted by Crippen LogP contribution is -2.50. The molecule has 0 bridgehead atoms. The molecule has 4 nitrogen and oxygen atoms in total. The van der Waals surface area contributed by atoms with Crippen molar-refractivity contribution in [1.29, 1.82) is 0 Å². The average Bonchev–Trinajstić information content (AvgIpc) is 1.96. The molecule has 82 valence electrons. The molecule has 2 N–H and O–H groups in total. The van der Waals surface area contributed by atoms with E-state index in [0.29, 0.717) is 0 Å². The third-order valence-electron chi connectivity index (χ3n) is 1.75. The van der Waals surface area contributed by atoms with Crippen LogP contribution in [-0.4, -0.2) is 28.9 Å². The molecular formula is C10H19NO3. The molecule has 0 amide bonds. The van der Waals surface area contributed by atoms with Crippen LogP contribution >= 0.6 is 0 Å². The van der Waals surface area contributed by atoms with Crippen LogP contribution in [0.3, 0.4) is 0 Å². The predicted molar refractivity (Wildman–Crippen MR) is 54.2 cm³/mol. The second kappa shape index (κ2) is 4.55. The lowest BCUT2D eigenvalue weighted by Gasteiger charge is -2.24. The van der Waals surface area contributed by atoms with Gasteiger partial charge in [-0.25, -0.2) is 0 Å². The molecule has 0 radical (unpaired) electrons. The fraction of sp³-hybridized carbons (Fsp3) is 0.800. The molecular weight excluding hydrogens is 182 g/mol. The van der Waals surface area contributed by atoms with Gasteiger partial charge in [-0.1, -0.05) is 20.8 Å². The van der Waals surface area contributed by atoms with Crippen molar-refractivity contribution in [2.24, 2.45) is 5.41 Å². The van der Waals surface area contributed by atoms with E-state index in [2.05, 4.69) is 5.32 Å². The summed E-state index contributed by atoms with van der Waals surface area (Å²) in [5.74, 6) is -1.41. The van der Waals surface area contributed by atoms with E-state index in [-0.39, 0.29) is 11.8 Å². The fourth-order valence-electron chi connectivity index (χ4n) is 1.03. The molecule has 1 atom stereocenters. The molecule has 0 aliphatic carbocycles. The van der Waals surface area contributed by atoms with Gasteiger partial charge in [0.1, 0.15) is 0 Å². The minimum Gasteiger partial charge on any atom is -0.480 e. The number of hydrogen-bond donors (Lipinski definition) is 2. The largest absolute Gasteiger partial charge is 0.480 e. The number of carboxylic acid groups (broad SMARTS) is 1.